The summed E-state index contributed by atoms with van der Waals surface area (Å²) in [6.45, 7) is 8.00. The van der Waals surface area contributed by atoms with Crippen LogP contribution in [-0.2, 0) is 0 Å². The average Bonchev–Trinajstić information content (AvgIpc) is 1.89. The predicted molar refractivity (Wildman–Crippen MR) is 40.3 cm³/mol. The van der Waals surface area contributed by atoms with E-state index in [1.807, 2.05) is 13.0 Å². The molecule has 0 bridgehead atoms. The summed E-state index contributed by atoms with van der Waals surface area (Å²) in [7, 11) is 0. The van der Waals surface area contributed by atoms with Gasteiger partial charge in [0, 0.05) is 5.41 Å². The normalized spacial score (nSPS) is 16.8. The van der Waals surface area contributed by atoms with Crippen LogP contribution < -0.4 is 0 Å². The van der Waals surface area contributed by atoms with Gasteiger partial charge < -0.3 is 5.11 Å². The summed E-state index contributed by atoms with van der Waals surface area (Å²) in [6, 6.07) is 0. The van der Waals surface area contributed by atoms with Crippen molar-refractivity contribution in [3.63, 3.8) is 0 Å². The van der Waals surface area contributed by atoms with E-state index in [2.05, 4.69) is 13.5 Å². The van der Waals surface area contributed by atoms with Gasteiger partial charge in [0.15, 0.2) is 0 Å². The van der Waals surface area contributed by atoms with Crippen molar-refractivity contribution in [3.8, 4) is 0 Å². The first-order chi connectivity index (χ1) is 4.18. The van der Waals surface area contributed by atoms with E-state index in [4.69, 9.17) is 5.11 Å². The van der Waals surface area contributed by atoms with E-state index in [-0.39, 0.29) is 12.0 Å². The van der Waals surface area contributed by atoms with Crippen molar-refractivity contribution < 1.29 is 5.11 Å². The largest absolute Gasteiger partial charge is 0.395 e. The Morgan fingerprint density at radius 3 is 2.33 bits per heavy atom. The fraction of sp³-hybridized carbons (Fsp3) is 0.750. The minimum Gasteiger partial charge on any atom is -0.395 e. The highest BCUT2D eigenvalue weighted by Crippen LogP contribution is 2.22. The van der Waals surface area contributed by atoms with Gasteiger partial charge in [0.05, 0.1) is 6.61 Å². The minimum atomic E-state index is -0.0469. The highest BCUT2D eigenvalue weighted by atomic mass is 16.3. The first-order valence-corrected chi connectivity index (χ1v) is 3.43. The third-order valence-electron chi connectivity index (χ3n) is 1.68. The highest BCUT2D eigenvalue weighted by molar-refractivity contribution is 4.90. The van der Waals surface area contributed by atoms with Gasteiger partial charge in [-0.3, -0.25) is 0 Å². The van der Waals surface area contributed by atoms with E-state index in [1.54, 1.807) is 0 Å². The van der Waals surface area contributed by atoms with E-state index in [0.29, 0.717) is 0 Å². The van der Waals surface area contributed by atoms with Crippen LogP contribution in [0.15, 0.2) is 12.7 Å². The van der Waals surface area contributed by atoms with Crippen LogP contribution in [0.5, 0.6) is 0 Å². The Bertz CT molecular complexity index is 88.6. The summed E-state index contributed by atoms with van der Waals surface area (Å²) < 4.78 is 0. The van der Waals surface area contributed by atoms with Crippen molar-refractivity contribution in [1.29, 1.82) is 0 Å². The first kappa shape index (κ1) is 8.70. The third kappa shape index (κ3) is 2.66. The lowest BCUT2D eigenvalue weighted by molar-refractivity contribution is 0.175. The molecular weight excluding hydrogens is 112 g/mol. The summed E-state index contributed by atoms with van der Waals surface area (Å²) in [6.07, 6.45) is 3.95. The number of hydrogen-bond donors (Lipinski definition) is 1. The SMILES string of the molecule is C=CC(C)(CO)CCC. The molecule has 0 aliphatic heterocycles. The lowest BCUT2D eigenvalue weighted by Gasteiger charge is -2.21. The van der Waals surface area contributed by atoms with E-state index >= 15 is 0 Å². The van der Waals surface area contributed by atoms with Gasteiger partial charge in [-0.2, -0.15) is 0 Å². The van der Waals surface area contributed by atoms with Crippen LogP contribution in [0.4, 0.5) is 0 Å². The molecule has 0 heterocycles. The molecule has 0 saturated carbocycles. The Morgan fingerprint density at radius 1 is 1.67 bits per heavy atom. The minimum absolute atomic E-state index is 0.0469. The lowest BCUT2D eigenvalue weighted by atomic mass is 9.87. The number of aliphatic hydroxyl groups is 1. The molecule has 0 spiro atoms. The Balaban J connectivity index is 3.76. The van der Waals surface area contributed by atoms with E-state index in [9.17, 15) is 0 Å². The summed E-state index contributed by atoms with van der Waals surface area (Å²) >= 11 is 0. The molecule has 1 N–H and O–H groups in total. The average molecular weight is 128 g/mol. The monoisotopic (exact) mass is 128 g/mol. The molecule has 1 heteroatoms. The van der Waals surface area contributed by atoms with Crippen molar-refractivity contribution in [2.75, 3.05) is 6.61 Å². The molecule has 0 aromatic heterocycles. The van der Waals surface area contributed by atoms with Gasteiger partial charge in [-0.15, -0.1) is 6.58 Å². The fourth-order valence-corrected chi connectivity index (χ4v) is 0.817. The Hall–Kier alpha value is -0.300. The fourth-order valence-electron chi connectivity index (χ4n) is 0.817. The van der Waals surface area contributed by atoms with Gasteiger partial charge in [0.25, 0.3) is 0 Å². The molecule has 0 saturated heterocycles. The molecule has 1 atom stereocenters. The van der Waals surface area contributed by atoms with Crippen LogP contribution in [0.1, 0.15) is 26.7 Å². The van der Waals surface area contributed by atoms with Gasteiger partial charge in [0.1, 0.15) is 0 Å². The Morgan fingerprint density at radius 2 is 2.22 bits per heavy atom. The molecular formula is C8H16O. The molecule has 0 amide bonds. The molecule has 0 rings (SSSR count). The standard InChI is InChI=1S/C8H16O/c1-4-6-8(3,5-2)7-9/h5,9H,2,4,6-7H2,1,3H3. The van der Waals surface area contributed by atoms with Crippen LogP contribution in [0.25, 0.3) is 0 Å². The van der Waals surface area contributed by atoms with E-state index in [1.165, 1.54) is 0 Å². The van der Waals surface area contributed by atoms with E-state index in [0.717, 1.165) is 12.8 Å². The topological polar surface area (TPSA) is 20.2 Å². The third-order valence-corrected chi connectivity index (χ3v) is 1.68. The lowest BCUT2D eigenvalue weighted by Crippen LogP contribution is -2.17. The first-order valence-electron chi connectivity index (χ1n) is 3.43. The molecule has 0 fully saturated rings. The highest BCUT2D eigenvalue weighted by Gasteiger charge is 2.16. The molecule has 0 aromatic rings. The zero-order valence-corrected chi connectivity index (χ0v) is 6.35. The molecule has 9 heavy (non-hydrogen) atoms. The van der Waals surface area contributed by atoms with Gasteiger partial charge >= 0.3 is 0 Å². The van der Waals surface area contributed by atoms with Crippen LogP contribution in [0.3, 0.4) is 0 Å². The number of rotatable bonds is 4. The van der Waals surface area contributed by atoms with Crippen molar-refractivity contribution >= 4 is 0 Å². The molecule has 0 aromatic carbocycles. The molecule has 1 nitrogen and oxygen atoms in total. The Kier molecular flexibility index (Phi) is 3.55. The maximum Gasteiger partial charge on any atom is 0.0519 e. The summed E-state index contributed by atoms with van der Waals surface area (Å²) in [4.78, 5) is 0. The number of aliphatic hydroxyl groups excluding tert-OH is 1. The number of hydrogen-bond acceptors (Lipinski definition) is 1. The van der Waals surface area contributed by atoms with Gasteiger partial charge in [-0.25, -0.2) is 0 Å². The molecule has 0 aliphatic carbocycles. The Labute approximate surface area is 57.4 Å². The predicted octanol–water partition coefficient (Wildman–Crippen LogP) is 1.97. The van der Waals surface area contributed by atoms with Gasteiger partial charge in [-0.1, -0.05) is 26.3 Å². The van der Waals surface area contributed by atoms with Gasteiger partial charge in [0.2, 0.25) is 0 Å². The van der Waals surface area contributed by atoms with Crippen molar-refractivity contribution in [2.45, 2.75) is 26.7 Å². The molecule has 0 aliphatic rings. The van der Waals surface area contributed by atoms with Crippen LogP contribution in [0.2, 0.25) is 0 Å². The maximum absolute atomic E-state index is 8.85. The van der Waals surface area contributed by atoms with Crippen LogP contribution in [-0.4, -0.2) is 11.7 Å². The molecule has 0 radical (unpaired) electrons. The summed E-state index contributed by atoms with van der Waals surface area (Å²) in [5.41, 5.74) is -0.0469. The van der Waals surface area contributed by atoms with E-state index < -0.39 is 0 Å². The second kappa shape index (κ2) is 3.67. The second-order valence-corrected chi connectivity index (χ2v) is 2.77. The van der Waals surface area contributed by atoms with Crippen LogP contribution in [0, 0.1) is 5.41 Å². The van der Waals surface area contributed by atoms with Crippen molar-refractivity contribution in [1.82, 2.24) is 0 Å². The second-order valence-electron chi connectivity index (χ2n) is 2.77. The smallest absolute Gasteiger partial charge is 0.0519 e. The quantitative estimate of drug-likeness (QED) is 0.574. The summed E-state index contributed by atoms with van der Waals surface area (Å²) in [5.74, 6) is 0. The van der Waals surface area contributed by atoms with Gasteiger partial charge in [-0.05, 0) is 6.42 Å². The maximum atomic E-state index is 8.85. The van der Waals surface area contributed by atoms with Crippen molar-refractivity contribution in [3.05, 3.63) is 12.7 Å². The zero-order valence-electron chi connectivity index (χ0n) is 6.35. The van der Waals surface area contributed by atoms with Crippen molar-refractivity contribution in [2.24, 2.45) is 5.41 Å². The zero-order chi connectivity index (χ0) is 7.33. The molecule has 54 valence electrons. The molecule has 1 unspecified atom stereocenters. The summed E-state index contributed by atoms with van der Waals surface area (Å²) in [5, 5.41) is 8.85. The van der Waals surface area contributed by atoms with Crippen LogP contribution >= 0.6 is 0 Å².